The van der Waals surface area contributed by atoms with Crippen molar-refractivity contribution in [2.75, 3.05) is 18.1 Å². The summed E-state index contributed by atoms with van der Waals surface area (Å²) in [4.78, 5) is 55.4. The standard InChI is InChI=1S/C24H20N2O6S2/c1-2-31-16(27)12-32-15-10-6-7-13(11-15)17-18-20(33-21-19(17)34-24(30)25-21)23(29)26(22(18)28)14-8-4-3-5-9-14/h3-11,17-18,20H,2,12H2,1H3,(H,25,30)/t17-,18?,20?/m1/s1. The molecule has 0 radical (unpaired) electrons. The first-order valence-corrected chi connectivity index (χ1v) is 12.4. The molecule has 2 unspecified atom stereocenters. The van der Waals surface area contributed by atoms with Crippen LogP contribution in [-0.4, -0.2) is 41.2 Å². The lowest BCUT2D eigenvalue weighted by atomic mass is 9.83. The number of hydrogen-bond donors (Lipinski definition) is 1. The van der Waals surface area contributed by atoms with Crippen LogP contribution in [0.25, 0.3) is 0 Å². The van der Waals surface area contributed by atoms with Gasteiger partial charge in [-0.25, -0.2) is 9.69 Å². The average molecular weight is 497 g/mol. The zero-order chi connectivity index (χ0) is 23.8. The maximum absolute atomic E-state index is 13.6. The summed E-state index contributed by atoms with van der Waals surface area (Å²) in [6.07, 6.45) is 0. The molecule has 3 atom stereocenters. The van der Waals surface area contributed by atoms with Crippen molar-refractivity contribution >= 4 is 46.6 Å². The van der Waals surface area contributed by atoms with Gasteiger partial charge in [0.2, 0.25) is 11.8 Å². The summed E-state index contributed by atoms with van der Waals surface area (Å²) >= 11 is 2.28. The molecule has 34 heavy (non-hydrogen) atoms. The fourth-order valence-electron chi connectivity index (χ4n) is 4.35. The number of nitrogens with one attached hydrogen (secondary N) is 1. The van der Waals surface area contributed by atoms with Gasteiger partial charge in [-0.2, -0.15) is 0 Å². The Balaban J connectivity index is 1.54. The monoisotopic (exact) mass is 496 g/mol. The van der Waals surface area contributed by atoms with Gasteiger partial charge in [-0.05, 0) is 36.8 Å². The molecule has 0 bridgehead atoms. The van der Waals surface area contributed by atoms with Gasteiger partial charge in [-0.15, -0.1) is 0 Å². The molecule has 2 aliphatic rings. The Labute approximate surface area is 202 Å². The largest absolute Gasteiger partial charge is 0.482 e. The molecule has 2 aromatic carbocycles. The zero-order valence-electron chi connectivity index (χ0n) is 18.1. The topological polar surface area (TPSA) is 106 Å². The lowest BCUT2D eigenvalue weighted by Gasteiger charge is -2.30. The van der Waals surface area contributed by atoms with Gasteiger partial charge in [0.15, 0.2) is 6.61 Å². The summed E-state index contributed by atoms with van der Waals surface area (Å²) in [5.74, 6) is -1.85. The number of ether oxygens (including phenoxy) is 2. The second kappa shape index (κ2) is 9.11. The number of rotatable bonds is 6. The van der Waals surface area contributed by atoms with E-state index in [9.17, 15) is 19.2 Å². The van der Waals surface area contributed by atoms with E-state index in [0.29, 0.717) is 16.5 Å². The molecule has 2 amide bonds. The number of carbonyl (C=O) groups is 3. The summed E-state index contributed by atoms with van der Waals surface area (Å²) in [6, 6.07) is 15.9. The summed E-state index contributed by atoms with van der Waals surface area (Å²) in [5.41, 5.74) is 1.25. The van der Waals surface area contributed by atoms with Crippen molar-refractivity contribution in [3.63, 3.8) is 0 Å². The number of carbonyl (C=O) groups excluding carboxylic acids is 3. The van der Waals surface area contributed by atoms with Crippen LogP contribution in [-0.2, 0) is 19.1 Å². The maximum atomic E-state index is 13.6. The molecule has 8 nitrogen and oxygen atoms in total. The van der Waals surface area contributed by atoms with E-state index in [4.69, 9.17) is 9.47 Å². The van der Waals surface area contributed by atoms with Crippen molar-refractivity contribution < 1.29 is 23.9 Å². The van der Waals surface area contributed by atoms with Gasteiger partial charge in [0.25, 0.3) is 0 Å². The summed E-state index contributed by atoms with van der Waals surface area (Å²) in [5, 5.41) is -0.0604. The number of para-hydroxylation sites is 1. The fraction of sp³-hybridized carbons (Fsp3) is 0.250. The molecule has 5 rings (SSSR count). The summed E-state index contributed by atoms with van der Waals surface area (Å²) in [6.45, 7) is 1.73. The number of aromatic amines is 1. The predicted octanol–water partition coefficient (Wildman–Crippen LogP) is 3.17. The molecule has 2 aliphatic heterocycles. The fourth-order valence-corrected chi connectivity index (χ4v) is 6.87. The number of amides is 2. The van der Waals surface area contributed by atoms with E-state index in [1.807, 2.05) is 12.1 Å². The van der Waals surface area contributed by atoms with Crippen molar-refractivity contribution in [2.45, 2.75) is 23.1 Å². The Morgan fingerprint density at radius 2 is 1.85 bits per heavy atom. The van der Waals surface area contributed by atoms with Gasteiger partial charge in [-0.1, -0.05) is 53.4 Å². The number of anilines is 1. The first-order valence-electron chi connectivity index (χ1n) is 10.7. The molecule has 0 aliphatic carbocycles. The van der Waals surface area contributed by atoms with Crippen LogP contribution in [0.1, 0.15) is 23.3 Å². The van der Waals surface area contributed by atoms with E-state index in [1.165, 1.54) is 16.7 Å². The highest BCUT2D eigenvalue weighted by Crippen LogP contribution is 2.53. The smallest absolute Gasteiger partial charge is 0.344 e. The van der Waals surface area contributed by atoms with E-state index in [1.54, 1.807) is 49.4 Å². The highest BCUT2D eigenvalue weighted by atomic mass is 32.2. The van der Waals surface area contributed by atoms with E-state index in [2.05, 4.69) is 4.98 Å². The van der Waals surface area contributed by atoms with Gasteiger partial charge in [-0.3, -0.25) is 14.4 Å². The number of H-pyrrole nitrogens is 1. The van der Waals surface area contributed by atoms with Crippen LogP contribution in [0, 0.1) is 5.92 Å². The summed E-state index contributed by atoms with van der Waals surface area (Å²) in [7, 11) is 0. The van der Waals surface area contributed by atoms with Crippen LogP contribution in [0.4, 0.5) is 5.69 Å². The Morgan fingerprint density at radius 1 is 1.06 bits per heavy atom. The second-order valence-electron chi connectivity index (χ2n) is 7.76. The van der Waals surface area contributed by atoms with Crippen molar-refractivity contribution in [3.05, 3.63) is 74.7 Å². The number of benzene rings is 2. The molecular formula is C24H20N2O6S2. The maximum Gasteiger partial charge on any atom is 0.344 e. The molecule has 0 saturated carbocycles. The third-order valence-electron chi connectivity index (χ3n) is 5.72. The van der Waals surface area contributed by atoms with Crippen LogP contribution in [0.2, 0.25) is 0 Å². The second-order valence-corrected chi connectivity index (χ2v) is 9.93. The van der Waals surface area contributed by atoms with E-state index in [0.717, 1.165) is 21.8 Å². The first kappa shape index (κ1) is 22.4. The van der Waals surface area contributed by atoms with E-state index < -0.39 is 23.1 Å². The average Bonchev–Trinajstić information content (AvgIpc) is 3.33. The van der Waals surface area contributed by atoms with E-state index in [-0.39, 0.29) is 29.9 Å². The SMILES string of the molecule is CCOC(=O)COc1cccc([C@H]2c3sc(=O)[nH]c3SC3C(=O)N(c4ccccc4)C(=O)C32)c1. The quantitative estimate of drug-likeness (QED) is 0.413. The van der Waals surface area contributed by atoms with Gasteiger partial charge in [0, 0.05) is 10.8 Å². The normalized spacial score (nSPS) is 21.2. The van der Waals surface area contributed by atoms with Gasteiger partial charge >= 0.3 is 10.8 Å². The Morgan fingerprint density at radius 3 is 2.62 bits per heavy atom. The van der Waals surface area contributed by atoms with Crippen LogP contribution in [0.5, 0.6) is 5.75 Å². The predicted molar refractivity (Wildman–Crippen MR) is 127 cm³/mol. The number of hydrogen-bond acceptors (Lipinski definition) is 8. The van der Waals surface area contributed by atoms with Crippen molar-refractivity contribution in [1.29, 1.82) is 0 Å². The van der Waals surface area contributed by atoms with Crippen molar-refractivity contribution in [2.24, 2.45) is 5.92 Å². The van der Waals surface area contributed by atoms with Crippen molar-refractivity contribution in [3.8, 4) is 5.75 Å². The Kier molecular flexibility index (Phi) is 6.01. The Hall–Kier alpha value is -3.37. The molecule has 3 aromatic rings. The summed E-state index contributed by atoms with van der Waals surface area (Å²) < 4.78 is 10.5. The van der Waals surface area contributed by atoms with Gasteiger partial charge in [0.1, 0.15) is 11.0 Å². The van der Waals surface area contributed by atoms with E-state index >= 15 is 0 Å². The lowest BCUT2D eigenvalue weighted by Crippen LogP contribution is -2.32. The number of imide groups is 1. The minimum atomic E-state index is -0.683. The molecule has 1 aromatic heterocycles. The van der Waals surface area contributed by atoms with Crippen LogP contribution < -0.4 is 14.5 Å². The number of fused-ring (bicyclic) bond motifs is 2. The van der Waals surface area contributed by atoms with Gasteiger partial charge in [0.05, 0.1) is 23.2 Å². The van der Waals surface area contributed by atoms with Crippen LogP contribution >= 0.6 is 23.1 Å². The number of nitrogens with zero attached hydrogens (tertiary/aromatic N) is 1. The molecule has 1 N–H and O–H groups in total. The minimum Gasteiger partial charge on any atom is -0.482 e. The number of aromatic nitrogens is 1. The molecule has 1 fully saturated rings. The first-order chi connectivity index (χ1) is 16.5. The number of esters is 1. The molecule has 174 valence electrons. The van der Waals surface area contributed by atoms with Crippen LogP contribution in [0.15, 0.2) is 64.4 Å². The third-order valence-corrected chi connectivity index (χ3v) is 8.12. The zero-order valence-corrected chi connectivity index (χ0v) is 19.7. The highest BCUT2D eigenvalue weighted by molar-refractivity contribution is 8.00. The Bertz CT molecular complexity index is 1320. The number of thioether (sulfide) groups is 1. The minimum absolute atomic E-state index is 0.239. The molecule has 0 spiro atoms. The lowest BCUT2D eigenvalue weighted by molar-refractivity contribution is -0.145. The molecule has 10 heteroatoms. The highest BCUT2D eigenvalue weighted by Gasteiger charge is 2.56. The number of thiazole rings is 1. The molecule has 1 saturated heterocycles. The van der Waals surface area contributed by atoms with Crippen LogP contribution in [0.3, 0.4) is 0 Å². The third kappa shape index (κ3) is 3.92. The van der Waals surface area contributed by atoms with Gasteiger partial charge < -0.3 is 14.5 Å². The molecule has 3 heterocycles. The van der Waals surface area contributed by atoms with Crippen molar-refractivity contribution in [1.82, 2.24) is 4.98 Å². The molecular weight excluding hydrogens is 476 g/mol.